The van der Waals surface area contributed by atoms with Gasteiger partial charge in [-0.3, -0.25) is 0 Å². The van der Waals surface area contributed by atoms with Crippen molar-refractivity contribution in [2.24, 2.45) is 0 Å². The molecule has 0 aliphatic rings. The van der Waals surface area contributed by atoms with Crippen molar-refractivity contribution in [2.45, 2.75) is 25.6 Å². The molecule has 0 unspecified atom stereocenters. The molecular formula is C11H15ClFNO2S. The van der Waals surface area contributed by atoms with E-state index in [4.69, 9.17) is 11.6 Å². The van der Waals surface area contributed by atoms with Gasteiger partial charge < -0.3 is 0 Å². The van der Waals surface area contributed by atoms with Crippen LogP contribution in [0.4, 0.5) is 4.39 Å². The molecule has 0 saturated carbocycles. The van der Waals surface area contributed by atoms with E-state index in [2.05, 4.69) is 0 Å². The van der Waals surface area contributed by atoms with Gasteiger partial charge in [-0.2, -0.15) is 0 Å². The molecule has 0 spiro atoms. The zero-order chi connectivity index (χ0) is 13.2. The number of hydrogen-bond donors (Lipinski definition) is 0. The van der Waals surface area contributed by atoms with Gasteiger partial charge in [0.2, 0.25) is 10.0 Å². The Morgan fingerprint density at radius 2 is 2.00 bits per heavy atom. The maximum Gasteiger partial charge on any atom is 0.216 e. The molecule has 1 rings (SSSR count). The van der Waals surface area contributed by atoms with Crippen LogP contribution >= 0.6 is 11.6 Å². The van der Waals surface area contributed by atoms with Gasteiger partial charge in [0.1, 0.15) is 5.82 Å². The lowest BCUT2D eigenvalue weighted by Crippen LogP contribution is -2.33. The Morgan fingerprint density at radius 1 is 1.41 bits per heavy atom. The molecule has 0 fully saturated rings. The molecule has 0 aromatic heterocycles. The summed E-state index contributed by atoms with van der Waals surface area (Å²) in [6.45, 7) is 3.09. The summed E-state index contributed by atoms with van der Waals surface area (Å²) in [7, 11) is -1.99. The van der Waals surface area contributed by atoms with Gasteiger partial charge in [0.15, 0.2) is 0 Å². The highest BCUT2D eigenvalue weighted by molar-refractivity contribution is 7.89. The Bertz CT molecular complexity index is 482. The maximum atomic E-state index is 13.5. The minimum atomic E-state index is -3.40. The van der Waals surface area contributed by atoms with Crippen molar-refractivity contribution in [1.29, 1.82) is 0 Å². The van der Waals surface area contributed by atoms with Gasteiger partial charge in [-0.05, 0) is 26.0 Å². The Balaban J connectivity index is 3.01. The van der Waals surface area contributed by atoms with E-state index in [0.717, 1.165) is 4.31 Å². The molecular weight excluding hydrogens is 265 g/mol. The molecule has 1 aromatic rings. The van der Waals surface area contributed by atoms with Crippen molar-refractivity contribution in [3.63, 3.8) is 0 Å². The van der Waals surface area contributed by atoms with E-state index < -0.39 is 21.1 Å². The number of hydrogen-bond acceptors (Lipinski definition) is 2. The molecule has 0 atom stereocenters. The molecule has 6 heteroatoms. The summed E-state index contributed by atoms with van der Waals surface area (Å²) in [5.41, 5.74) is 0.195. The molecule has 0 bridgehead atoms. The number of sulfonamides is 1. The first kappa shape index (κ1) is 14.4. The Morgan fingerprint density at radius 3 is 2.47 bits per heavy atom. The molecule has 0 saturated heterocycles. The van der Waals surface area contributed by atoms with Crippen LogP contribution in [0.15, 0.2) is 18.2 Å². The summed E-state index contributed by atoms with van der Waals surface area (Å²) >= 11 is 5.84. The SMILES string of the molecule is CC(C)S(=O)(=O)N(C)Cc1c(F)cccc1Cl. The molecule has 0 N–H and O–H groups in total. The van der Waals surface area contributed by atoms with Crippen LogP contribution in [0.1, 0.15) is 19.4 Å². The Labute approximate surface area is 106 Å². The van der Waals surface area contributed by atoms with Crippen LogP contribution in [0, 0.1) is 5.82 Å². The fourth-order valence-corrected chi connectivity index (χ4v) is 2.61. The van der Waals surface area contributed by atoms with Crippen LogP contribution in [0.25, 0.3) is 0 Å². The molecule has 0 aliphatic carbocycles. The highest BCUT2D eigenvalue weighted by atomic mass is 35.5. The number of nitrogens with zero attached hydrogens (tertiary/aromatic N) is 1. The second-order valence-corrected chi connectivity index (χ2v) is 7.05. The van der Waals surface area contributed by atoms with E-state index in [1.54, 1.807) is 13.8 Å². The topological polar surface area (TPSA) is 37.4 Å². The van der Waals surface area contributed by atoms with Crippen LogP contribution < -0.4 is 0 Å². The first-order chi connectivity index (χ1) is 7.76. The average molecular weight is 280 g/mol. The lowest BCUT2D eigenvalue weighted by Gasteiger charge is -2.20. The number of benzene rings is 1. The third-order valence-corrected chi connectivity index (χ3v) is 5.02. The molecule has 1 aromatic carbocycles. The highest BCUT2D eigenvalue weighted by Crippen LogP contribution is 2.22. The third kappa shape index (κ3) is 3.18. The van der Waals surface area contributed by atoms with E-state index >= 15 is 0 Å². The standard InChI is InChI=1S/C11H15ClFNO2S/c1-8(2)17(15,16)14(3)7-9-10(12)5-4-6-11(9)13/h4-6,8H,7H2,1-3H3. The van der Waals surface area contributed by atoms with E-state index in [1.807, 2.05) is 0 Å². The van der Waals surface area contributed by atoms with Crippen molar-refractivity contribution >= 4 is 21.6 Å². The molecule has 0 amide bonds. The van der Waals surface area contributed by atoms with E-state index in [-0.39, 0.29) is 17.1 Å². The van der Waals surface area contributed by atoms with Crippen LogP contribution in [0.3, 0.4) is 0 Å². The van der Waals surface area contributed by atoms with Crippen LogP contribution in [-0.2, 0) is 16.6 Å². The molecule has 0 heterocycles. The predicted octanol–water partition coefficient (Wildman–Crippen LogP) is 2.65. The number of halogens is 2. The average Bonchev–Trinajstić information content (AvgIpc) is 2.23. The third-order valence-electron chi connectivity index (χ3n) is 2.47. The fraction of sp³-hybridized carbons (Fsp3) is 0.455. The van der Waals surface area contributed by atoms with Gasteiger partial charge in [-0.25, -0.2) is 17.1 Å². The Hall–Kier alpha value is -0.650. The second-order valence-electron chi connectivity index (χ2n) is 4.05. The molecule has 0 aliphatic heterocycles. The van der Waals surface area contributed by atoms with Gasteiger partial charge in [-0.15, -0.1) is 0 Å². The summed E-state index contributed by atoms with van der Waals surface area (Å²) in [6, 6.07) is 4.28. The Kier molecular flexibility index (Phi) is 4.52. The minimum Gasteiger partial charge on any atom is -0.212 e. The van der Waals surface area contributed by atoms with Gasteiger partial charge in [0, 0.05) is 24.2 Å². The lowest BCUT2D eigenvalue weighted by atomic mass is 10.2. The predicted molar refractivity (Wildman–Crippen MR) is 66.9 cm³/mol. The molecule has 17 heavy (non-hydrogen) atoms. The van der Waals surface area contributed by atoms with Gasteiger partial charge in [0.05, 0.1) is 5.25 Å². The molecule has 0 radical (unpaired) electrons. The van der Waals surface area contributed by atoms with Crippen molar-refractivity contribution in [1.82, 2.24) is 4.31 Å². The maximum absolute atomic E-state index is 13.5. The molecule has 96 valence electrons. The number of rotatable bonds is 4. The first-order valence-electron chi connectivity index (χ1n) is 5.15. The van der Waals surface area contributed by atoms with Gasteiger partial charge in [-0.1, -0.05) is 17.7 Å². The van der Waals surface area contributed by atoms with Crippen LogP contribution in [-0.4, -0.2) is 25.0 Å². The van der Waals surface area contributed by atoms with Crippen molar-refractivity contribution in [3.8, 4) is 0 Å². The van der Waals surface area contributed by atoms with Crippen molar-refractivity contribution in [3.05, 3.63) is 34.6 Å². The monoisotopic (exact) mass is 279 g/mol. The van der Waals surface area contributed by atoms with Crippen molar-refractivity contribution < 1.29 is 12.8 Å². The summed E-state index contributed by atoms with van der Waals surface area (Å²) in [5.74, 6) is -0.497. The van der Waals surface area contributed by atoms with Gasteiger partial charge in [0.25, 0.3) is 0 Å². The quantitative estimate of drug-likeness (QED) is 0.850. The summed E-state index contributed by atoms with van der Waals surface area (Å²) in [4.78, 5) is 0. The first-order valence-corrected chi connectivity index (χ1v) is 7.03. The van der Waals surface area contributed by atoms with Crippen LogP contribution in [0.5, 0.6) is 0 Å². The molecule has 3 nitrogen and oxygen atoms in total. The highest BCUT2D eigenvalue weighted by Gasteiger charge is 2.23. The second kappa shape index (κ2) is 5.33. The smallest absolute Gasteiger partial charge is 0.212 e. The van der Waals surface area contributed by atoms with E-state index in [0.29, 0.717) is 0 Å². The van der Waals surface area contributed by atoms with E-state index in [1.165, 1.54) is 25.2 Å². The normalized spacial score (nSPS) is 12.4. The van der Waals surface area contributed by atoms with E-state index in [9.17, 15) is 12.8 Å². The lowest BCUT2D eigenvalue weighted by molar-refractivity contribution is 0.450. The summed E-state index contributed by atoms with van der Waals surface area (Å²) < 4.78 is 38.2. The fourth-order valence-electron chi connectivity index (χ4n) is 1.36. The largest absolute Gasteiger partial charge is 0.216 e. The van der Waals surface area contributed by atoms with Crippen molar-refractivity contribution in [2.75, 3.05) is 7.05 Å². The van der Waals surface area contributed by atoms with Crippen LogP contribution in [0.2, 0.25) is 5.02 Å². The summed E-state index contributed by atoms with van der Waals surface area (Å²) in [6.07, 6.45) is 0. The summed E-state index contributed by atoms with van der Waals surface area (Å²) in [5, 5.41) is -0.311. The van der Waals surface area contributed by atoms with Gasteiger partial charge >= 0.3 is 0 Å². The zero-order valence-electron chi connectivity index (χ0n) is 9.94. The minimum absolute atomic E-state index is 0.0635. The zero-order valence-corrected chi connectivity index (χ0v) is 11.5.